The Morgan fingerprint density at radius 2 is 2.13 bits per heavy atom. The maximum absolute atomic E-state index is 12.1. The number of carbonyl (C=O) groups excluding carboxylic acids is 1. The minimum Gasteiger partial charge on any atom is -0.488 e. The summed E-state index contributed by atoms with van der Waals surface area (Å²) >= 11 is 0. The molecule has 7 nitrogen and oxygen atoms in total. The van der Waals surface area contributed by atoms with E-state index in [0.717, 1.165) is 12.8 Å². The molecule has 0 aromatic heterocycles. The van der Waals surface area contributed by atoms with Gasteiger partial charge in [0.05, 0.1) is 17.5 Å². The molecule has 0 aliphatic carbocycles. The van der Waals surface area contributed by atoms with Crippen LogP contribution in [0, 0.1) is 10.1 Å². The van der Waals surface area contributed by atoms with Gasteiger partial charge in [0.25, 0.3) is 5.69 Å². The van der Waals surface area contributed by atoms with E-state index >= 15 is 0 Å². The number of carbonyl (C=O) groups is 1. The van der Waals surface area contributed by atoms with Crippen molar-refractivity contribution in [2.45, 2.75) is 45.3 Å². The Kier molecular flexibility index (Phi) is 5.08. The quantitative estimate of drug-likeness (QED) is 0.629. The number of ether oxygens (including phenoxy) is 2. The zero-order valence-electron chi connectivity index (χ0n) is 13.7. The highest BCUT2D eigenvalue weighted by Gasteiger charge is 2.28. The number of hydrogen-bond donors (Lipinski definition) is 0. The van der Waals surface area contributed by atoms with Crippen LogP contribution in [0.1, 0.15) is 33.6 Å². The molecule has 1 saturated heterocycles. The Hall–Kier alpha value is -2.31. The Morgan fingerprint density at radius 1 is 1.39 bits per heavy atom. The molecule has 126 valence electrons. The summed E-state index contributed by atoms with van der Waals surface area (Å²) in [5, 5.41) is 10.8. The minimum absolute atomic E-state index is 0.0118. The summed E-state index contributed by atoms with van der Waals surface area (Å²) < 4.78 is 11.2. The summed E-state index contributed by atoms with van der Waals surface area (Å²) in [5.41, 5.74) is -0.549. The third-order valence-corrected chi connectivity index (χ3v) is 3.36. The van der Waals surface area contributed by atoms with E-state index < -0.39 is 10.5 Å². The second-order valence-electron chi connectivity index (χ2n) is 6.56. The summed E-state index contributed by atoms with van der Waals surface area (Å²) in [6, 6.07) is 6.08. The Morgan fingerprint density at radius 3 is 2.78 bits per heavy atom. The fourth-order valence-electron chi connectivity index (χ4n) is 2.39. The van der Waals surface area contributed by atoms with Gasteiger partial charge in [-0.25, -0.2) is 4.79 Å². The third kappa shape index (κ3) is 5.12. The van der Waals surface area contributed by atoms with Crippen molar-refractivity contribution in [2.24, 2.45) is 0 Å². The molecule has 0 spiro atoms. The van der Waals surface area contributed by atoms with Crippen LogP contribution >= 0.6 is 0 Å². The summed E-state index contributed by atoms with van der Waals surface area (Å²) in [7, 11) is 0. The lowest BCUT2D eigenvalue weighted by atomic mass is 10.1. The number of non-ortho nitro benzene ring substituents is 1. The zero-order chi connectivity index (χ0) is 17.0. The van der Waals surface area contributed by atoms with Crippen molar-refractivity contribution in [1.82, 2.24) is 4.90 Å². The fourth-order valence-corrected chi connectivity index (χ4v) is 2.39. The highest BCUT2D eigenvalue weighted by atomic mass is 16.6. The predicted molar refractivity (Wildman–Crippen MR) is 84.6 cm³/mol. The highest BCUT2D eigenvalue weighted by molar-refractivity contribution is 5.68. The number of piperidine rings is 1. The normalized spacial score (nSPS) is 18.4. The van der Waals surface area contributed by atoms with E-state index in [1.807, 2.05) is 20.8 Å². The van der Waals surface area contributed by atoms with Crippen molar-refractivity contribution >= 4 is 11.8 Å². The molecular weight excluding hydrogens is 300 g/mol. The molecule has 7 heteroatoms. The summed E-state index contributed by atoms with van der Waals surface area (Å²) in [5.74, 6) is 0.440. The van der Waals surface area contributed by atoms with Crippen molar-refractivity contribution in [2.75, 3.05) is 13.1 Å². The average molecular weight is 322 g/mol. The van der Waals surface area contributed by atoms with E-state index in [1.165, 1.54) is 12.1 Å². The standard InChI is InChI=1S/C16H22N2O5/c1-16(2,3)23-15(19)17-9-5-8-14(11-17)22-13-7-4-6-12(10-13)18(20)21/h4,6-7,10,14H,5,8-9,11H2,1-3H3. The molecule has 0 bridgehead atoms. The molecule has 1 aromatic carbocycles. The predicted octanol–water partition coefficient (Wildman–Crippen LogP) is 3.37. The number of hydrogen-bond acceptors (Lipinski definition) is 5. The third-order valence-electron chi connectivity index (χ3n) is 3.36. The summed E-state index contributed by atoms with van der Waals surface area (Å²) in [6.07, 6.45) is 1.05. The van der Waals surface area contributed by atoms with Gasteiger partial charge < -0.3 is 14.4 Å². The molecule has 1 amide bonds. The first-order chi connectivity index (χ1) is 10.7. The van der Waals surface area contributed by atoms with E-state index in [9.17, 15) is 14.9 Å². The zero-order valence-corrected chi connectivity index (χ0v) is 13.7. The lowest BCUT2D eigenvalue weighted by Crippen LogP contribution is -2.46. The van der Waals surface area contributed by atoms with Crippen LogP contribution in [-0.4, -0.2) is 40.7 Å². The smallest absolute Gasteiger partial charge is 0.410 e. The van der Waals surface area contributed by atoms with Crippen molar-refractivity contribution in [3.8, 4) is 5.75 Å². The lowest BCUT2D eigenvalue weighted by molar-refractivity contribution is -0.385. The van der Waals surface area contributed by atoms with E-state index in [-0.39, 0.29) is 17.9 Å². The molecule has 1 aliphatic heterocycles. The van der Waals surface area contributed by atoms with E-state index in [2.05, 4.69) is 0 Å². The van der Waals surface area contributed by atoms with Gasteiger partial charge in [-0.15, -0.1) is 0 Å². The molecule has 1 aliphatic rings. The number of rotatable bonds is 3. The maximum atomic E-state index is 12.1. The monoisotopic (exact) mass is 322 g/mol. The van der Waals surface area contributed by atoms with Crippen molar-refractivity contribution in [3.63, 3.8) is 0 Å². The first-order valence-corrected chi connectivity index (χ1v) is 7.63. The van der Waals surface area contributed by atoms with E-state index in [1.54, 1.807) is 17.0 Å². The van der Waals surface area contributed by atoms with E-state index in [0.29, 0.717) is 18.8 Å². The largest absolute Gasteiger partial charge is 0.488 e. The first kappa shape index (κ1) is 17.1. The van der Waals surface area contributed by atoms with Gasteiger partial charge >= 0.3 is 6.09 Å². The van der Waals surface area contributed by atoms with Crippen LogP contribution in [-0.2, 0) is 4.74 Å². The Labute approximate surface area is 135 Å². The number of nitrogens with zero attached hydrogens (tertiary/aromatic N) is 2. The van der Waals surface area contributed by atoms with Crippen molar-refractivity contribution in [1.29, 1.82) is 0 Å². The molecule has 23 heavy (non-hydrogen) atoms. The minimum atomic E-state index is -0.537. The van der Waals surface area contributed by atoms with Crippen LogP contribution in [0.2, 0.25) is 0 Å². The Balaban J connectivity index is 1.97. The Bertz CT molecular complexity index is 582. The maximum Gasteiger partial charge on any atom is 0.410 e. The van der Waals surface area contributed by atoms with Gasteiger partial charge in [0.2, 0.25) is 0 Å². The van der Waals surface area contributed by atoms with Crippen LogP contribution in [0.4, 0.5) is 10.5 Å². The molecule has 0 saturated carbocycles. The second kappa shape index (κ2) is 6.85. The van der Waals surface area contributed by atoms with Crippen molar-refractivity contribution < 1.29 is 19.2 Å². The van der Waals surface area contributed by atoms with Gasteiger partial charge in [-0.05, 0) is 39.7 Å². The molecular formula is C16H22N2O5. The average Bonchev–Trinajstić information content (AvgIpc) is 2.46. The van der Waals surface area contributed by atoms with Gasteiger partial charge in [-0.1, -0.05) is 6.07 Å². The van der Waals surface area contributed by atoms with Crippen LogP contribution in [0.25, 0.3) is 0 Å². The second-order valence-corrected chi connectivity index (χ2v) is 6.56. The van der Waals surface area contributed by atoms with Crippen LogP contribution in [0.3, 0.4) is 0 Å². The molecule has 0 radical (unpaired) electrons. The molecule has 1 unspecified atom stereocenters. The van der Waals surface area contributed by atoms with Gasteiger partial charge in [-0.2, -0.15) is 0 Å². The molecule has 0 N–H and O–H groups in total. The summed E-state index contributed by atoms with van der Waals surface area (Å²) in [4.78, 5) is 24.1. The number of likely N-dealkylation sites (tertiary alicyclic amines) is 1. The molecule has 2 rings (SSSR count). The van der Waals surface area contributed by atoms with Crippen LogP contribution in [0.5, 0.6) is 5.75 Å². The topological polar surface area (TPSA) is 81.9 Å². The number of amides is 1. The van der Waals surface area contributed by atoms with Crippen LogP contribution in [0.15, 0.2) is 24.3 Å². The van der Waals surface area contributed by atoms with Crippen molar-refractivity contribution in [3.05, 3.63) is 34.4 Å². The number of benzene rings is 1. The molecule has 1 fully saturated rings. The molecule has 1 aromatic rings. The first-order valence-electron chi connectivity index (χ1n) is 7.63. The van der Waals surface area contributed by atoms with Gasteiger partial charge in [0.15, 0.2) is 0 Å². The fraction of sp³-hybridized carbons (Fsp3) is 0.562. The van der Waals surface area contributed by atoms with Gasteiger partial charge in [0, 0.05) is 12.6 Å². The highest BCUT2D eigenvalue weighted by Crippen LogP contribution is 2.23. The molecule has 1 atom stereocenters. The summed E-state index contributed by atoms with van der Waals surface area (Å²) in [6.45, 7) is 6.52. The van der Waals surface area contributed by atoms with Gasteiger partial charge in [-0.3, -0.25) is 10.1 Å². The van der Waals surface area contributed by atoms with Gasteiger partial charge in [0.1, 0.15) is 17.5 Å². The SMILES string of the molecule is CC(C)(C)OC(=O)N1CCCC(Oc2cccc([N+](=O)[O-])c2)C1. The van der Waals surface area contributed by atoms with Crippen LogP contribution < -0.4 is 4.74 Å². The number of nitro benzene ring substituents is 1. The molecule has 1 heterocycles. The lowest BCUT2D eigenvalue weighted by Gasteiger charge is -2.34. The van der Waals surface area contributed by atoms with E-state index in [4.69, 9.17) is 9.47 Å². The number of nitro groups is 1.